The Balaban J connectivity index is -0.000000184. The largest absolute Gasteiger partial charge is 0.481 e. The zero-order valence-corrected chi connectivity index (χ0v) is 31.4. The van der Waals surface area contributed by atoms with E-state index in [1.165, 1.54) is 45.0 Å². The quantitative estimate of drug-likeness (QED) is 0.106. The first kappa shape index (κ1) is 59.6. The van der Waals surface area contributed by atoms with Gasteiger partial charge in [0.05, 0.1) is 54.7 Å². The molecule has 5 heterocycles. The Hall–Kier alpha value is -3.71. The molecule has 14 heteroatoms. The van der Waals surface area contributed by atoms with Crippen molar-refractivity contribution in [3.8, 4) is 0 Å². The summed E-state index contributed by atoms with van der Waals surface area (Å²) in [5.41, 5.74) is 0. The smallest absolute Gasteiger partial charge is 0.308 e. The number of carboxylic acids is 1. The number of nitrogens with one attached hydrogen (secondary N) is 4. The second-order valence-corrected chi connectivity index (χ2v) is 13.3. The molecule has 0 bridgehead atoms. The van der Waals surface area contributed by atoms with Crippen LogP contribution in [0.5, 0.6) is 0 Å². The summed E-state index contributed by atoms with van der Waals surface area (Å²) in [6.07, 6.45) is 9.41. The Morgan fingerprint density at radius 2 is 0.907 bits per heavy atom. The van der Waals surface area contributed by atoms with Gasteiger partial charge in [-0.1, -0.05) is 37.1 Å². The minimum absolute atomic E-state index is 0. The Labute approximate surface area is 332 Å². The fourth-order valence-corrected chi connectivity index (χ4v) is 6.01. The van der Waals surface area contributed by atoms with Crippen LogP contribution in [0.2, 0.25) is 0 Å². The van der Waals surface area contributed by atoms with Gasteiger partial charge in [-0.25, -0.2) is 0 Å². The van der Waals surface area contributed by atoms with Gasteiger partial charge in [-0.3, -0.25) is 36.2 Å². The summed E-state index contributed by atoms with van der Waals surface area (Å²) in [6, 6.07) is 0. The first-order valence-corrected chi connectivity index (χ1v) is 17.9. The normalized spacial score (nSPS) is 17.5. The number of likely N-dealkylation sites (tertiary alicyclic amines) is 4. The molecule has 0 aromatic rings. The number of carbonyl (C=O) groups is 2. The number of aliphatic carboxylic acids is 1. The Kier molecular flexibility index (Phi) is 36.1. The standard InChI is InChI=1S/C9H16N2O2.C8H14N2O2.C7H14N2.C6H12N2.C5H10N2.5CH4/c1-7(10)11-5-3-8(4-6-11)9(12)13-2;1-6(9)10-4-2-7(3-5-10)8(11)12;1-7(8)9-5-3-2-4-6-9;1-6(7)8-4-2-3-5-8;1-5-6-3-4-7(5)2;;;;;/h8,10H,3-6H2,1-2H3;7,9H,2-5H2,1H3,(H,11,12);8H,2-6H2,1H3;7H,2-5H2,1H3;3-4H2,1-2H3;5*1H4. The van der Waals surface area contributed by atoms with Crippen molar-refractivity contribution >= 4 is 41.1 Å². The molecular weight excluding hydrogens is 685 g/mol. The molecule has 4 fully saturated rings. The van der Waals surface area contributed by atoms with Crippen LogP contribution in [0.25, 0.3) is 0 Å². The first-order valence-electron chi connectivity index (χ1n) is 17.9. The minimum atomic E-state index is -0.697. The summed E-state index contributed by atoms with van der Waals surface area (Å²) in [4.78, 5) is 36.2. The maximum Gasteiger partial charge on any atom is 0.308 e. The Bertz CT molecular complexity index is 1070. The molecule has 0 atom stereocenters. The maximum atomic E-state index is 11.1. The van der Waals surface area contributed by atoms with E-state index < -0.39 is 5.97 Å². The SMILES string of the molecule is C.C.C.C.C.CC(=N)N1CCC(C(=O)O)CC1.CC(=N)N1CCCC1.CC(=N)N1CCCCC1.CC1=NCCN1C.COC(=O)C1CCN(C(C)=N)CC1. The van der Waals surface area contributed by atoms with Crippen LogP contribution in [0.1, 0.15) is 130 Å². The van der Waals surface area contributed by atoms with E-state index in [0.29, 0.717) is 37.6 Å². The van der Waals surface area contributed by atoms with E-state index in [0.717, 1.165) is 76.9 Å². The van der Waals surface area contributed by atoms with Crippen LogP contribution in [-0.4, -0.2) is 150 Å². The number of piperidine rings is 3. The van der Waals surface area contributed by atoms with Crippen molar-refractivity contribution < 1.29 is 19.4 Å². The molecule has 5 rings (SSSR count). The Morgan fingerprint density at radius 1 is 0.593 bits per heavy atom. The number of carboxylic acid groups (broad SMARTS) is 1. The molecule has 0 aliphatic carbocycles. The van der Waals surface area contributed by atoms with E-state index in [1.54, 1.807) is 13.8 Å². The number of ether oxygens (including phenoxy) is 1. The second kappa shape index (κ2) is 32.7. The van der Waals surface area contributed by atoms with Crippen molar-refractivity contribution in [3.05, 3.63) is 0 Å². The highest BCUT2D eigenvalue weighted by Crippen LogP contribution is 2.18. The lowest BCUT2D eigenvalue weighted by molar-refractivity contribution is -0.146. The van der Waals surface area contributed by atoms with Crippen LogP contribution in [0.3, 0.4) is 0 Å². The molecule has 14 nitrogen and oxygen atoms in total. The molecule has 5 aliphatic heterocycles. The minimum Gasteiger partial charge on any atom is -0.481 e. The van der Waals surface area contributed by atoms with E-state index in [1.807, 2.05) is 30.6 Å². The lowest BCUT2D eigenvalue weighted by Gasteiger charge is -2.31. The predicted molar refractivity (Wildman–Crippen MR) is 232 cm³/mol. The third kappa shape index (κ3) is 23.9. The summed E-state index contributed by atoms with van der Waals surface area (Å²) >= 11 is 0. The molecule has 0 unspecified atom stereocenters. The van der Waals surface area contributed by atoms with Gasteiger partial charge in [0.25, 0.3) is 0 Å². The highest BCUT2D eigenvalue weighted by Gasteiger charge is 2.26. The highest BCUT2D eigenvalue weighted by molar-refractivity contribution is 5.81. The van der Waals surface area contributed by atoms with Crippen LogP contribution < -0.4 is 0 Å². The number of hydrogen-bond donors (Lipinski definition) is 5. The molecule has 5 aliphatic rings. The second-order valence-electron chi connectivity index (χ2n) is 13.3. The molecule has 0 amide bonds. The molecule has 0 saturated carbocycles. The number of esters is 1. The first-order chi connectivity index (χ1) is 23.2. The number of methoxy groups -OCH3 is 1. The van der Waals surface area contributed by atoms with Crippen molar-refractivity contribution in [1.82, 2.24) is 24.5 Å². The molecule has 0 aromatic carbocycles. The van der Waals surface area contributed by atoms with E-state index in [9.17, 15) is 9.59 Å². The summed E-state index contributed by atoms with van der Waals surface area (Å²) in [5.74, 6) is 2.79. The number of aliphatic imine (C=N–C) groups is 1. The number of likely N-dealkylation sites (N-methyl/N-ethyl adjacent to an activating group) is 1. The zero-order valence-electron chi connectivity index (χ0n) is 31.4. The van der Waals surface area contributed by atoms with E-state index in [4.69, 9.17) is 26.7 Å². The molecular formula is C40H86N10O4. The molecule has 4 saturated heterocycles. The van der Waals surface area contributed by atoms with Gasteiger partial charge >= 0.3 is 11.9 Å². The van der Waals surface area contributed by atoms with E-state index >= 15 is 0 Å². The van der Waals surface area contributed by atoms with Gasteiger partial charge in [0.1, 0.15) is 0 Å². The lowest BCUT2D eigenvalue weighted by atomic mass is 9.97. The van der Waals surface area contributed by atoms with Crippen molar-refractivity contribution in [2.75, 3.05) is 79.6 Å². The van der Waals surface area contributed by atoms with E-state index in [2.05, 4.69) is 31.5 Å². The average molecular weight is 771 g/mol. The summed E-state index contributed by atoms with van der Waals surface area (Å²) < 4.78 is 4.67. The molecule has 0 spiro atoms. The van der Waals surface area contributed by atoms with Gasteiger partial charge in [0, 0.05) is 66.0 Å². The fraction of sp³-hybridized carbons (Fsp3) is 0.825. The van der Waals surface area contributed by atoms with Crippen LogP contribution in [0.15, 0.2) is 4.99 Å². The van der Waals surface area contributed by atoms with Crippen LogP contribution in [-0.2, 0) is 14.3 Å². The third-order valence-electron chi connectivity index (χ3n) is 9.56. The molecule has 54 heavy (non-hydrogen) atoms. The lowest BCUT2D eigenvalue weighted by Crippen LogP contribution is -2.39. The number of nitrogens with zero attached hydrogens (tertiary/aromatic N) is 6. The molecule has 320 valence electrons. The van der Waals surface area contributed by atoms with Crippen molar-refractivity contribution in [2.24, 2.45) is 16.8 Å². The van der Waals surface area contributed by atoms with E-state index in [-0.39, 0.29) is 54.9 Å². The molecule has 0 radical (unpaired) electrons. The third-order valence-corrected chi connectivity index (χ3v) is 9.56. The van der Waals surface area contributed by atoms with Gasteiger partial charge in [-0.15, -0.1) is 0 Å². The summed E-state index contributed by atoms with van der Waals surface area (Å²) in [6.45, 7) is 18.8. The predicted octanol–water partition coefficient (Wildman–Crippen LogP) is 7.73. The molecule has 0 aromatic heterocycles. The molecule has 5 N–H and O–H groups in total. The zero-order chi connectivity index (χ0) is 36.9. The Morgan fingerprint density at radius 3 is 1.13 bits per heavy atom. The number of carbonyl (C=O) groups excluding carboxylic acids is 1. The van der Waals surface area contributed by atoms with Crippen molar-refractivity contribution in [3.63, 3.8) is 0 Å². The summed E-state index contributed by atoms with van der Waals surface area (Å²) in [5, 5.41) is 38.0. The number of rotatable bonds is 2. The topological polar surface area (TPSA) is 188 Å². The van der Waals surface area contributed by atoms with Gasteiger partial charge < -0.3 is 34.3 Å². The van der Waals surface area contributed by atoms with Crippen LogP contribution in [0.4, 0.5) is 0 Å². The van der Waals surface area contributed by atoms with Crippen molar-refractivity contribution in [2.45, 2.75) is 130 Å². The van der Waals surface area contributed by atoms with Crippen LogP contribution in [0, 0.1) is 33.5 Å². The summed E-state index contributed by atoms with van der Waals surface area (Å²) in [7, 11) is 3.49. The van der Waals surface area contributed by atoms with Gasteiger partial charge in [-0.05, 0) is 92.4 Å². The number of hydrogen-bond acceptors (Lipinski definition) is 9. The van der Waals surface area contributed by atoms with Gasteiger partial charge in [-0.2, -0.15) is 0 Å². The van der Waals surface area contributed by atoms with Gasteiger partial charge in [0.2, 0.25) is 0 Å². The maximum absolute atomic E-state index is 11.1. The van der Waals surface area contributed by atoms with Crippen molar-refractivity contribution in [1.29, 1.82) is 21.6 Å². The van der Waals surface area contributed by atoms with Gasteiger partial charge in [0.15, 0.2) is 0 Å². The van der Waals surface area contributed by atoms with Crippen LogP contribution >= 0.6 is 0 Å². The average Bonchev–Trinajstić information content (AvgIpc) is 3.78. The highest BCUT2D eigenvalue weighted by atomic mass is 16.5. The number of amidine groups is 5. The fourth-order valence-electron chi connectivity index (χ4n) is 6.01. The monoisotopic (exact) mass is 771 g/mol.